The molecule has 3 heteroatoms. The van der Waals surface area contributed by atoms with Gasteiger partial charge in [-0.2, -0.15) is 0 Å². The van der Waals surface area contributed by atoms with Crippen molar-refractivity contribution in [1.29, 1.82) is 0 Å². The number of amides is 1. The molecule has 0 atom stereocenters. The summed E-state index contributed by atoms with van der Waals surface area (Å²) >= 11 is 0. The third-order valence-corrected chi connectivity index (χ3v) is 2.14. The molecule has 0 unspecified atom stereocenters. The molecule has 17 heavy (non-hydrogen) atoms. The molecule has 0 spiro atoms. The molecule has 0 aliphatic carbocycles. The highest BCUT2D eigenvalue weighted by Crippen LogP contribution is 2.12. The van der Waals surface area contributed by atoms with Crippen LogP contribution in [0.25, 0.3) is 0 Å². The number of carbonyl (C=O) groups excluding carboxylic acids is 1. The van der Waals surface area contributed by atoms with E-state index in [-0.39, 0.29) is 5.91 Å². The molecule has 0 heterocycles. The molecule has 1 rings (SSSR count). The number of benzene rings is 1. The molecular formula is C14H19NO2. The highest BCUT2D eigenvalue weighted by atomic mass is 16.5. The minimum atomic E-state index is -0.0879. The summed E-state index contributed by atoms with van der Waals surface area (Å²) in [4.78, 5) is 11.7. The van der Waals surface area contributed by atoms with Gasteiger partial charge in [0.2, 0.25) is 0 Å². The van der Waals surface area contributed by atoms with E-state index < -0.39 is 0 Å². The minimum Gasteiger partial charge on any atom is -0.494 e. The maximum atomic E-state index is 11.7. The maximum Gasteiger partial charge on any atom is 0.251 e. The summed E-state index contributed by atoms with van der Waals surface area (Å²) in [7, 11) is 0. The highest BCUT2D eigenvalue weighted by molar-refractivity contribution is 5.94. The van der Waals surface area contributed by atoms with Crippen molar-refractivity contribution in [1.82, 2.24) is 5.32 Å². The minimum absolute atomic E-state index is 0.0879. The molecule has 0 fully saturated rings. The maximum absolute atomic E-state index is 11.7. The Morgan fingerprint density at radius 1 is 1.35 bits per heavy atom. The largest absolute Gasteiger partial charge is 0.494 e. The second-order valence-electron chi connectivity index (χ2n) is 4.01. The van der Waals surface area contributed by atoms with E-state index in [2.05, 4.69) is 18.8 Å². The lowest BCUT2D eigenvalue weighted by atomic mass is 10.2. The summed E-state index contributed by atoms with van der Waals surface area (Å²) in [5, 5.41) is 2.78. The first-order valence-electron chi connectivity index (χ1n) is 5.79. The fourth-order valence-corrected chi connectivity index (χ4v) is 1.26. The molecule has 0 aromatic heterocycles. The van der Waals surface area contributed by atoms with Crippen molar-refractivity contribution in [2.75, 3.05) is 13.2 Å². The van der Waals surface area contributed by atoms with E-state index in [4.69, 9.17) is 4.74 Å². The monoisotopic (exact) mass is 233 g/mol. The number of hydrogen-bond acceptors (Lipinski definition) is 2. The van der Waals surface area contributed by atoms with Crippen LogP contribution in [-0.2, 0) is 0 Å². The van der Waals surface area contributed by atoms with Gasteiger partial charge in [-0.15, -0.1) is 0 Å². The molecule has 92 valence electrons. The second-order valence-corrected chi connectivity index (χ2v) is 4.01. The van der Waals surface area contributed by atoms with Gasteiger partial charge in [0.05, 0.1) is 6.61 Å². The lowest BCUT2D eigenvalue weighted by Gasteiger charge is -2.07. The third kappa shape index (κ3) is 4.72. The molecule has 1 aromatic rings. The van der Waals surface area contributed by atoms with E-state index in [1.807, 2.05) is 19.1 Å². The molecule has 1 amide bonds. The molecule has 0 saturated heterocycles. The van der Waals surface area contributed by atoms with Crippen LogP contribution in [0, 0.1) is 0 Å². The number of nitrogens with one attached hydrogen (secondary N) is 1. The van der Waals surface area contributed by atoms with Crippen molar-refractivity contribution < 1.29 is 9.53 Å². The van der Waals surface area contributed by atoms with Crippen LogP contribution >= 0.6 is 0 Å². The number of rotatable bonds is 6. The van der Waals surface area contributed by atoms with E-state index in [9.17, 15) is 4.79 Å². The molecule has 0 aliphatic rings. The fraction of sp³-hybridized carbons (Fsp3) is 0.357. The first-order chi connectivity index (χ1) is 8.13. The zero-order valence-electron chi connectivity index (χ0n) is 10.5. The topological polar surface area (TPSA) is 38.3 Å². The fourth-order valence-electron chi connectivity index (χ4n) is 1.26. The summed E-state index contributed by atoms with van der Waals surface area (Å²) in [6.07, 6.45) is 0.973. The zero-order valence-corrected chi connectivity index (χ0v) is 10.5. The summed E-state index contributed by atoms with van der Waals surface area (Å²) in [6, 6.07) is 7.15. The number of hydrogen-bond donors (Lipinski definition) is 1. The standard InChI is InChI=1S/C14H19NO2/c1-4-9-17-13-7-5-12(6-8-13)14(16)15-10-11(2)3/h5-8H,2,4,9-10H2,1,3H3,(H,15,16). The van der Waals surface area contributed by atoms with E-state index in [1.165, 1.54) is 0 Å². The molecule has 0 radical (unpaired) electrons. The Morgan fingerprint density at radius 2 is 2.00 bits per heavy atom. The van der Waals surface area contributed by atoms with Gasteiger partial charge in [0.1, 0.15) is 5.75 Å². The van der Waals surface area contributed by atoms with Crippen molar-refractivity contribution in [3.05, 3.63) is 42.0 Å². The van der Waals surface area contributed by atoms with E-state index in [0.29, 0.717) is 18.7 Å². The molecule has 3 nitrogen and oxygen atoms in total. The molecular weight excluding hydrogens is 214 g/mol. The summed E-state index contributed by atoms with van der Waals surface area (Å²) in [5.41, 5.74) is 1.57. The van der Waals surface area contributed by atoms with Crippen molar-refractivity contribution >= 4 is 5.91 Å². The Bertz CT molecular complexity index is 382. The summed E-state index contributed by atoms with van der Waals surface area (Å²) in [6.45, 7) is 8.87. The Balaban J connectivity index is 2.54. The smallest absolute Gasteiger partial charge is 0.251 e. The summed E-state index contributed by atoms with van der Waals surface area (Å²) < 4.78 is 5.44. The Hall–Kier alpha value is -1.77. The van der Waals surface area contributed by atoms with Gasteiger partial charge in [-0.25, -0.2) is 0 Å². The Morgan fingerprint density at radius 3 is 2.53 bits per heavy atom. The first-order valence-corrected chi connectivity index (χ1v) is 5.79. The Kier molecular flexibility index (Phi) is 5.27. The van der Waals surface area contributed by atoms with Gasteiger partial charge in [0.25, 0.3) is 5.91 Å². The van der Waals surface area contributed by atoms with Crippen molar-refractivity contribution in [2.24, 2.45) is 0 Å². The number of carbonyl (C=O) groups is 1. The van der Waals surface area contributed by atoms with Crippen LogP contribution in [-0.4, -0.2) is 19.1 Å². The van der Waals surface area contributed by atoms with Crippen LogP contribution in [0.1, 0.15) is 30.6 Å². The van der Waals surface area contributed by atoms with Gasteiger partial charge in [-0.1, -0.05) is 19.1 Å². The van der Waals surface area contributed by atoms with E-state index in [0.717, 1.165) is 17.7 Å². The van der Waals surface area contributed by atoms with Crippen LogP contribution in [0.3, 0.4) is 0 Å². The third-order valence-electron chi connectivity index (χ3n) is 2.14. The van der Waals surface area contributed by atoms with Crippen LogP contribution in [0.15, 0.2) is 36.4 Å². The van der Waals surface area contributed by atoms with Crippen LogP contribution in [0.4, 0.5) is 0 Å². The lowest BCUT2D eigenvalue weighted by Crippen LogP contribution is -2.24. The Labute approximate surface area is 102 Å². The average Bonchev–Trinajstić information content (AvgIpc) is 2.34. The van der Waals surface area contributed by atoms with E-state index >= 15 is 0 Å². The van der Waals surface area contributed by atoms with Crippen molar-refractivity contribution in [2.45, 2.75) is 20.3 Å². The van der Waals surface area contributed by atoms with Gasteiger partial charge in [0, 0.05) is 12.1 Å². The predicted octanol–water partition coefficient (Wildman–Crippen LogP) is 2.78. The van der Waals surface area contributed by atoms with Crippen molar-refractivity contribution in [3.63, 3.8) is 0 Å². The van der Waals surface area contributed by atoms with Gasteiger partial charge in [-0.3, -0.25) is 4.79 Å². The first kappa shape index (κ1) is 13.3. The molecule has 0 bridgehead atoms. The van der Waals surface area contributed by atoms with Gasteiger partial charge in [-0.05, 0) is 37.6 Å². The normalized spacial score (nSPS) is 9.76. The van der Waals surface area contributed by atoms with E-state index in [1.54, 1.807) is 12.1 Å². The molecule has 1 aromatic carbocycles. The summed E-state index contributed by atoms with van der Waals surface area (Å²) in [5.74, 6) is 0.707. The van der Waals surface area contributed by atoms with Gasteiger partial charge >= 0.3 is 0 Å². The lowest BCUT2D eigenvalue weighted by molar-refractivity contribution is 0.0957. The SMILES string of the molecule is C=C(C)CNC(=O)c1ccc(OCCC)cc1. The predicted molar refractivity (Wildman–Crippen MR) is 69.4 cm³/mol. The molecule has 0 aliphatic heterocycles. The zero-order chi connectivity index (χ0) is 12.7. The quantitative estimate of drug-likeness (QED) is 0.767. The van der Waals surface area contributed by atoms with Gasteiger partial charge in [0.15, 0.2) is 0 Å². The van der Waals surface area contributed by atoms with Gasteiger partial charge < -0.3 is 10.1 Å². The van der Waals surface area contributed by atoms with Crippen LogP contribution < -0.4 is 10.1 Å². The number of ether oxygens (including phenoxy) is 1. The van der Waals surface area contributed by atoms with Crippen LogP contribution in [0.2, 0.25) is 0 Å². The van der Waals surface area contributed by atoms with Crippen molar-refractivity contribution in [3.8, 4) is 5.75 Å². The second kappa shape index (κ2) is 6.74. The highest BCUT2D eigenvalue weighted by Gasteiger charge is 2.04. The average molecular weight is 233 g/mol. The molecule has 1 N–H and O–H groups in total. The molecule has 0 saturated carbocycles. The van der Waals surface area contributed by atoms with Crippen LogP contribution in [0.5, 0.6) is 5.75 Å².